The molecule has 5 nitrogen and oxygen atoms in total. The van der Waals surface area contributed by atoms with Crippen molar-refractivity contribution in [3.63, 3.8) is 0 Å². The van der Waals surface area contributed by atoms with E-state index < -0.39 is 5.97 Å². The molecule has 0 atom stereocenters. The summed E-state index contributed by atoms with van der Waals surface area (Å²) in [6, 6.07) is 0. The zero-order valence-corrected chi connectivity index (χ0v) is 11.6. The Bertz CT molecular complexity index is 700. The lowest BCUT2D eigenvalue weighted by Gasteiger charge is -2.01. The Labute approximate surface area is 114 Å². The van der Waals surface area contributed by atoms with E-state index in [1.807, 2.05) is 0 Å². The third-order valence-electron chi connectivity index (χ3n) is 2.70. The molecule has 0 saturated heterocycles. The highest BCUT2D eigenvalue weighted by Crippen LogP contribution is 2.27. The molecule has 0 aliphatic rings. The summed E-state index contributed by atoms with van der Waals surface area (Å²) in [6.07, 6.45) is 3.10. The molecular weight excluding hydrogens is 264 g/mol. The van der Waals surface area contributed by atoms with Crippen molar-refractivity contribution in [3.8, 4) is 0 Å². The zero-order valence-electron chi connectivity index (χ0n) is 10.8. The average molecular weight is 278 g/mol. The van der Waals surface area contributed by atoms with Crippen molar-refractivity contribution >= 4 is 27.5 Å². The Kier molecular flexibility index (Phi) is 3.80. The van der Waals surface area contributed by atoms with Crippen LogP contribution in [0.4, 0.5) is 0 Å². The molecule has 0 bridgehead atoms. The number of thiophene rings is 1. The number of fused-ring (bicyclic) bond motifs is 1. The number of allylic oxidation sites excluding steroid dienone is 1. The Morgan fingerprint density at radius 1 is 1.63 bits per heavy atom. The van der Waals surface area contributed by atoms with Crippen molar-refractivity contribution in [2.75, 3.05) is 6.61 Å². The Morgan fingerprint density at radius 2 is 2.37 bits per heavy atom. The second-order valence-electron chi connectivity index (χ2n) is 3.95. The largest absolute Gasteiger partial charge is 0.462 e. The Balaban J connectivity index is 2.64. The SMILES string of the molecule is C=CCn1cnc2sc(C(=O)OCC)c(C)c2c1=O. The van der Waals surface area contributed by atoms with Crippen LogP contribution in [0.15, 0.2) is 23.8 Å². The minimum Gasteiger partial charge on any atom is -0.462 e. The molecule has 2 heterocycles. The smallest absolute Gasteiger partial charge is 0.348 e. The first-order valence-corrected chi connectivity index (χ1v) is 6.68. The van der Waals surface area contributed by atoms with Gasteiger partial charge in [-0.1, -0.05) is 6.08 Å². The fourth-order valence-electron chi connectivity index (χ4n) is 1.82. The van der Waals surface area contributed by atoms with Gasteiger partial charge in [-0.25, -0.2) is 9.78 Å². The number of aromatic nitrogens is 2. The number of carbonyl (C=O) groups excluding carboxylic acids is 1. The van der Waals surface area contributed by atoms with Crippen LogP contribution in [-0.4, -0.2) is 22.1 Å². The van der Waals surface area contributed by atoms with Gasteiger partial charge in [0.25, 0.3) is 5.56 Å². The van der Waals surface area contributed by atoms with Crippen LogP contribution >= 0.6 is 11.3 Å². The number of esters is 1. The summed E-state index contributed by atoms with van der Waals surface area (Å²) in [7, 11) is 0. The van der Waals surface area contributed by atoms with Gasteiger partial charge in [0.15, 0.2) is 0 Å². The lowest BCUT2D eigenvalue weighted by atomic mass is 10.2. The molecule has 0 unspecified atom stereocenters. The molecule has 0 amide bonds. The van der Waals surface area contributed by atoms with Gasteiger partial charge in [0.05, 0.1) is 18.3 Å². The summed E-state index contributed by atoms with van der Waals surface area (Å²) in [6.45, 7) is 7.79. The summed E-state index contributed by atoms with van der Waals surface area (Å²) in [5.74, 6) is -0.405. The maximum absolute atomic E-state index is 12.3. The quantitative estimate of drug-likeness (QED) is 0.635. The van der Waals surface area contributed by atoms with Gasteiger partial charge < -0.3 is 4.74 Å². The van der Waals surface area contributed by atoms with E-state index in [0.717, 1.165) is 0 Å². The molecule has 100 valence electrons. The normalized spacial score (nSPS) is 10.6. The predicted octanol–water partition coefficient (Wildman–Crippen LogP) is 2.13. The Hall–Kier alpha value is -1.95. The highest BCUT2D eigenvalue weighted by Gasteiger charge is 2.19. The third kappa shape index (κ3) is 2.31. The highest BCUT2D eigenvalue weighted by molar-refractivity contribution is 7.20. The molecule has 19 heavy (non-hydrogen) atoms. The first kappa shape index (κ1) is 13.5. The van der Waals surface area contributed by atoms with Gasteiger partial charge in [-0.3, -0.25) is 9.36 Å². The van der Waals surface area contributed by atoms with Gasteiger partial charge in [0.1, 0.15) is 9.71 Å². The van der Waals surface area contributed by atoms with E-state index in [-0.39, 0.29) is 5.56 Å². The molecule has 0 radical (unpaired) electrons. The monoisotopic (exact) mass is 278 g/mol. The fourth-order valence-corrected chi connectivity index (χ4v) is 2.85. The van der Waals surface area contributed by atoms with Crippen molar-refractivity contribution in [2.24, 2.45) is 0 Å². The van der Waals surface area contributed by atoms with E-state index in [4.69, 9.17) is 4.74 Å². The molecular formula is C13H14N2O3S. The lowest BCUT2D eigenvalue weighted by molar-refractivity contribution is 0.0531. The molecule has 2 aromatic rings. The van der Waals surface area contributed by atoms with Crippen LogP contribution in [-0.2, 0) is 11.3 Å². The van der Waals surface area contributed by atoms with Gasteiger partial charge >= 0.3 is 5.97 Å². The van der Waals surface area contributed by atoms with Crippen molar-refractivity contribution in [1.82, 2.24) is 9.55 Å². The average Bonchev–Trinajstić information content (AvgIpc) is 2.71. The lowest BCUT2D eigenvalue weighted by Crippen LogP contribution is -2.19. The molecule has 2 aromatic heterocycles. The molecule has 0 spiro atoms. The molecule has 0 saturated carbocycles. The maximum atomic E-state index is 12.3. The van der Waals surface area contributed by atoms with Crippen LogP contribution in [0.5, 0.6) is 0 Å². The molecule has 6 heteroatoms. The summed E-state index contributed by atoms with van der Waals surface area (Å²) in [5, 5.41) is 0.484. The van der Waals surface area contributed by atoms with E-state index in [9.17, 15) is 9.59 Å². The number of nitrogens with zero attached hydrogens (tertiary/aromatic N) is 2. The summed E-state index contributed by atoms with van der Waals surface area (Å²) >= 11 is 1.19. The van der Waals surface area contributed by atoms with Crippen molar-refractivity contribution < 1.29 is 9.53 Å². The van der Waals surface area contributed by atoms with Crippen LogP contribution in [0.3, 0.4) is 0 Å². The minimum absolute atomic E-state index is 0.158. The molecule has 2 rings (SSSR count). The van der Waals surface area contributed by atoms with E-state index in [0.29, 0.717) is 33.8 Å². The molecule has 0 aliphatic carbocycles. The first-order chi connectivity index (χ1) is 9.10. The second-order valence-corrected chi connectivity index (χ2v) is 4.95. The van der Waals surface area contributed by atoms with E-state index in [2.05, 4.69) is 11.6 Å². The number of hydrogen-bond acceptors (Lipinski definition) is 5. The van der Waals surface area contributed by atoms with Crippen LogP contribution in [0.25, 0.3) is 10.2 Å². The van der Waals surface area contributed by atoms with Crippen molar-refractivity contribution in [3.05, 3.63) is 39.8 Å². The van der Waals surface area contributed by atoms with Crippen LogP contribution in [0.2, 0.25) is 0 Å². The number of hydrogen-bond donors (Lipinski definition) is 0. The predicted molar refractivity (Wildman–Crippen MR) is 74.8 cm³/mol. The summed E-state index contributed by atoms with van der Waals surface area (Å²) in [4.78, 5) is 29.3. The van der Waals surface area contributed by atoms with Crippen molar-refractivity contribution in [1.29, 1.82) is 0 Å². The molecule has 0 aromatic carbocycles. The van der Waals surface area contributed by atoms with Crippen LogP contribution in [0, 0.1) is 6.92 Å². The standard InChI is InChI=1S/C13H14N2O3S/c1-4-6-15-7-14-11-9(12(15)16)8(3)10(19-11)13(17)18-5-2/h4,7H,1,5-6H2,2-3H3. The maximum Gasteiger partial charge on any atom is 0.348 e. The van der Waals surface area contributed by atoms with E-state index in [1.54, 1.807) is 19.9 Å². The second kappa shape index (κ2) is 5.36. The van der Waals surface area contributed by atoms with Crippen LogP contribution < -0.4 is 5.56 Å². The van der Waals surface area contributed by atoms with Crippen LogP contribution in [0.1, 0.15) is 22.2 Å². The molecule has 0 N–H and O–H groups in total. The number of aryl methyl sites for hydroxylation is 1. The summed E-state index contributed by atoms with van der Waals surface area (Å²) < 4.78 is 6.44. The van der Waals surface area contributed by atoms with Gasteiger partial charge in [-0.15, -0.1) is 17.9 Å². The number of carbonyl (C=O) groups is 1. The highest BCUT2D eigenvalue weighted by atomic mass is 32.1. The molecule has 0 fully saturated rings. The summed E-state index contributed by atoms with van der Waals surface area (Å²) in [5.41, 5.74) is 0.476. The van der Waals surface area contributed by atoms with Gasteiger partial charge in [-0.05, 0) is 19.4 Å². The zero-order chi connectivity index (χ0) is 14.0. The topological polar surface area (TPSA) is 61.2 Å². The van der Waals surface area contributed by atoms with Crippen molar-refractivity contribution in [2.45, 2.75) is 20.4 Å². The van der Waals surface area contributed by atoms with Gasteiger partial charge in [0, 0.05) is 6.54 Å². The van der Waals surface area contributed by atoms with Gasteiger partial charge in [-0.2, -0.15) is 0 Å². The third-order valence-corrected chi connectivity index (χ3v) is 3.88. The number of ether oxygens (including phenoxy) is 1. The fraction of sp³-hybridized carbons (Fsp3) is 0.308. The van der Waals surface area contributed by atoms with Gasteiger partial charge in [0.2, 0.25) is 0 Å². The van der Waals surface area contributed by atoms with E-state index in [1.165, 1.54) is 22.2 Å². The molecule has 0 aliphatic heterocycles. The van der Waals surface area contributed by atoms with E-state index >= 15 is 0 Å². The first-order valence-electron chi connectivity index (χ1n) is 5.86. The minimum atomic E-state index is -0.405. The Morgan fingerprint density at radius 3 is 3.00 bits per heavy atom. The number of rotatable bonds is 4.